The highest BCUT2D eigenvalue weighted by molar-refractivity contribution is 7.13. The van der Waals surface area contributed by atoms with Crippen LogP contribution in [0.3, 0.4) is 0 Å². The summed E-state index contributed by atoms with van der Waals surface area (Å²) in [6, 6.07) is 9.35. The Balaban J connectivity index is 1.47. The average molecular weight is 414 g/mol. The lowest BCUT2D eigenvalue weighted by Gasteiger charge is -2.03. The molecule has 0 amide bonds. The summed E-state index contributed by atoms with van der Waals surface area (Å²) in [5, 5.41) is 8.08. The maximum absolute atomic E-state index is 6.10. The third kappa shape index (κ3) is 3.27. The molecule has 0 saturated heterocycles. The van der Waals surface area contributed by atoms with E-state index in [1.165, 1.54) is 18.4 Å². The van der Waals surface area contributed by atoms with Crippen molar-refractivity contribution in [3.8, 4) is 33.3 Å². The lowest BCUT2D eigenvalue weighted by molar-refractivity contribution is 0.434. The van der Waals surface area contributed by atoms with Gasteiger partial charge < -0.3 is 4.52 Å². The zero-order valence-corrected chi connectivity index (χ0v) is 16.4. The highest BCUT2D eigenvalue weighted by Crippen LogP contribution is 2.45. The normalized spacial score (nSPS) is 13.9. The van der Waals surface area contributed by atoms with Crippen LogP contribution in [0.15, 0.2) is 52.6 Å². The van der Waals surface area contributed by atoms with Crippen LogP contribution in [0.4, 0.5) is 0 Å². The molecule has 0 aliphatic heterocycles. The third-order valence-corrected chi connectivity index (χ3v) is 6.20. The number of hydrogen-bond acceptors (Lipinski definition) is 5. The van der Waals surface area contributed by atoms with Gasteiger partial charge in [0.15, 0.2) is 5.76 Å². The molecule has 1 aliphatic carbocycles. The first-order valence-electron chi connectivity index (χ1n) is 8.51. The molecule has 27 heavy (non-hydrogen) atoms. The molecule has 0 radical (unpaired) electrons. The Hall–Kier alpha value is -2.21. The number of nitrogens with zero attached hydrogens (tertiary/aromatic N) is 3. The maximum atomic E-state index is 6.10. The first-order valence-corrected chi connectivity index (χ1v) is 10.1. The minimum absolute atomic E-state index is 0.485. The van der Waals surface area contributed by atoms with Crippen LogP contribution in [0.25, 0.3) is 33.3 Å². The van der Waals surface area contributed by atoms with Gasteiger partial charge in [0.25, 0.3) is 0 Å². The molecule has 0 atom stereocenters. The fourth-order valence-corrected chi connectivity index (χ4v) is 4.17. The number of hydrogen-bond donors (Lipinski definition) is 0. The van der Waals surface area contributed by atoms with Gasteiger partial charge in [-0.25, -0.2) is 4.98 Å². The molecule has 1 saturated carbocycles. The van der Waals surface area contributed by atoms with Crippen LogP contribution in [0, 0.1) is 0 Å². The summed E-state index contributed by atoms with van der Waals surface area (Å²) in [5.41, 5.74) is 4.75. The Kier molecular flexibility index (Phi) is 4.23. The van der Waals surface area contributed by atoms with Crippen LogP contribution in [-0.4, -0.2) is 15.1 Å². The van der Waals surface area contributed by atoms with Gasteiger partial charge in [-0.1, -0.05) is 34.4 Å². The van der Waals surface area contributed by atoms with Crippen molar-refractivity contribution in [2.45, 2.75) is 18.8 Å². The van der Waals surface area contributed by atoms with Crippen LogP contribution in [-0.2, 0) is 0 Å². The van der Waals surface area contributed by atoms with Gasteiger partial charge in [-0.3, -0.25) is 4.98 Å². The van der Waals surface area contributed by atoms with Gasteiger partial charge in [0.05, 0.1) is 10.0 Å². The van der Waals surface area contributed by atoms with E-state index in [2.05, 4.69) is 16.2 Å². The second-order valence-electron chi connectivity index (χ2n) is 6.48. The molecule has 3 aromatic heterocycles. The molecular weight excluding hydrogens is 401 g/mol. The van der Waals surface area contributed by atoms with E-state index in [4.69, 9.17) is 32.7 Å². The van der Waals surface area contributed by atoms with Crippen molar-refractivity contribution in [1.82, 2.24) is 15.1 Å². The summed E-state index contributed by atoms with van der Waals surface area (Å²) >= 11 is 13.7. The molecule has 1 aromatic carbocycles. The van der Waals surface area contributed by atoms with E-state index in [1.807, 2.05) is 29.9 Å². The van der Waals surface area contributed by atoms with Gasteiger partial charge in [-0.15, -0.1) is 11.3 Å². The predicted molar refractivity (Wildman–Crippen MR) is 108 cm³/mol. The van der Waals surface area contributed by atoms with E-state index in [0.29, 0.717) is 27.4 Å². The molecule has 0 unspecified atom stereocenters. The number of pyridine rings is 1. The summed E-state index contributed by atoms with van der Waals surface area (Å²) in [5.74, 6) is 1.26. The second kappa shape index (κ2) is 6.75. The van der Waals surface area contributed by atoms with Crippen molar-refractivity contribution in [3.63, 3.8) is 0 Å². The van der Waals surface area contributed by atoms with Gasteiger partial charge in [0.1, 0.15) is 16.4 Å². The first kappa shape index (κ1) is 16.9. The summed E-state index contributed by atoms with van der Waals surface area (Å²) in [7, 11) is 0. The predicted octanol–water partition coefficient (Wildman–Crippen LogP) is 6.71. The van der Waals surface area contributed by atoms with Crippen molar-refractivity contribution in [2.75, 3.05) is 0 Å². The summed E-state index contributed by atoms with van der Waals surface area (Å²) in [6.45, 7) is 0. The topological polar surface area (TPSA) is 51.8 Å². The SMILES string of the molecule is Clc1ccc(-c2cc(-c3csc(-c4cnccc4C4CC4)n3)on2)cc1Cl. The minimum atomic E-state index is 0.485. The van der Waals surface area contributed by atoms with E-state index in [0.717, 1.165) is 21.8 Å². The van der Waals surface area contributed by atoms with Gasteiger partial charge in [-0.05, 0) is 42.5 Å². The Morgan fingerprint density at radius 2 is 1.93 bits per heavy atom. The Bertz CT molecular complexity index is 1130. The number of halogens is 2. The van der Waals surface area contributed by atoms with Crippen molar-refractivity contribution in [1.29, 1.82) is 0 Å². The Labute approximate surface area is 169 Å². The summed E-state index contributed by atoms with van der Waals surface area (Å²) in [6.07, 6.45) is 6.23. The molecule has 134 valence electrons. The number of aromatic nitrogens is 3. The van der Waals surface area contributed by atoms with Gasteiger partial charge >= 0.3 is 0 Å². The second-order valence-corrected chi connectivity index (χ2v) is 8.15. The van der Waals surface area contributed by atoms with Crippen molar-refractivity contribution < 1.29 is 4.52 Å². The number of thiazole rings is 1. The zero-order chi connectivity index (χ0) is 18.4. The van der Waals surface area contributed by atoms with Crippen LogP contribution in [0.5, 0.6) is 0 Å². The zero-order valence-electron chi connectivity index (χ0n) is 14.0. The molecule has 7 heteroatoms. The number of benzene rings is 1. The molecule has 0 spiro atoms. The highest BCUT2D eigenvalue weighted by Gasteiger charge is 2.27. The lowest BCUT2D eigenvalue weighted by atomic mass is 10.1. The molecule has 3 heterocycles. The van der Waals surface area contributed by atoms with Crippen LogP contribution < -0.4 is 0 Å². The molecule has 4 aromatic rings. The van der Waals surface area contributed by atoms with E-state index < -0.39 is 0 Å². The van der Waals surface area contributed by atoms with Gasteiger partial charge in [0, 0.05) is 35.0 Å². The van der Waals surface area contributed by atoms with Crippen LogP contribution in [0.2, 0.25) is 10.0 Å². The van der Waals surface area contributed by atoms with E-state index in [9.17, 15) is 0 Å². The van der Waals surface area contributed by atoms with Gasteiger partial charge in [0.2, 0.25) is 0 Å². The quantitative estimate of drug-likeness (QED) is 0.372. The summed E-state index contributed by atoms with van der Waals surface area (Å²) < 4.78 is 5.52. The van der Waals surface area contributed by atoms with E-state index >= 15 is 0 Å². The smallest absolute Gasteiger partial charge is 0.186 e. The standard InChI is InChI=1S/C20H13Cl2N3OS/c21-15-4-3-12(7-16(15)22)17-8-19(26-25-17)18-10-27-20(24-18)14-9-23-6-5-13(14)11-1-2-11/h3-11H,1-2H2. The monoisotopic (exact) mass is 413 g/mol. The Morgan fingerprint density at radius 1 is 1.04 bits per heavy atom. The molecule has 5 rings (SSSR count). The third-order valence-electron chi connectivity index (χ3n) is 4.58. The fourth-order valence-electron chi connectivity index (χ4n) is 3.03. The van der Waals surface area contributed by atoms with Gasteiger partial charge in [-0.2, -0.15) is 0 Å². The molecule has 4 nitrogen and oxygen atoms in total. The van der Waals surface area contributed by atoms with Crippen LogP contribution >= 0.6 is 34.5 Å². The molecule has 1 fully saturated rings. The molecule has 0 N–H and O–H groups in total. The average Bonchev–Trinajstić information content (AvgIpc) is 3.21. The molecule has 0 bridgehead atoms. The minimum Gasteiger partial charge on any atom is -0.354 e. The van der Waals surface area contributed by atoms with Crippen LogP contribution in [0.1, 0.15) is 24.3 Å². The fraction of sp³-hybridized carbons (Fsp3) is 0.150. The molecular formula is C20H13Cl2N3OS. The van der Waals surface area contributed by atoms with Crippen molar-refractivity contribution in [2.24, 2.45) is 0 Å². The van der Waals surface area contributed by atoms with E-state index in [1.54, 1.807) is 23.5 Å². The highest BCUT2D eigenvalue weighted by atomic mass is 35.5. The maximum Gasteiger partial charge on any atom is 0.186 e. The molecule has 1 aliphatic rings. The van der Waals surface area contributed by atoms with E-state index in [-0.39, 0.29) is 0 Å². The number of rotatable bonds is 4. The largest absolute Gasteiger partial charge is 0.354 e. The van der Waals surface area contributed by atoms with Crippen molar-refractivity contribution in [3.05, 3.63) is 63.7 Å². The lowest BCUT2D eigenvalue weighted by Crippen LogP contribution is -1.88. The first-order chi connectivity index (χ1) is 13.2. The van der Waals surface area contributed by atoms with Crippen molar-refractivity contribution >= 4 is 34.5 Å². The summed E-state index contributed by atoms with van der Waals surface area (Å²) in [4.78, 5) is 9.04. The Morgan fingerprint density at radius 3 is 2.74 bits per heavy atom.